The molecule has 1 aliphatic heterocycles. The summed E-state index contributed by atoms with van der Waals surface area (Å²) in [4.78, 5) is 16.5. The van der Waals surface area contributed by atoms with Crippen LogP contribution in [0.1, 0.15) is 32.1 Å². The molecular formula is C13H24N2O. The fourth-order valence-corrected chi connectivity index (χ4v) is 2.46. The minimum atomic E-state index is 0.449. The smallest absolute Gasteiger partial charge is 0.134 e. The molecule has 0 spiro atoms. The molecule has 3 nitrogen and oxygen atoms in total. The van der Waals surface area contributed by atoms with Crippen LogP contribution in [0, 0.1) is 5.92 Å². The van der Waals surface area contributed by atoms with Crippen molar-refractivity contribution in [3.05, 3.63) is 0 Å². The van der Waals surface area contributed by atoms with Crippen LogP contribution in [-0.2, 0) is 4.79 Å². The first-order valence-electron chi connectivity index (χ1n) is 6.55. The van der Waals surface area contributed by atoms with Crippen molar-refractivity contribution in [2.45, 2.75) is 38.1 Å². The Morgan fingerprint density at radius 3 is 2.69 bits per heavy atom. The van der Waals surface area contributed by atoms with Gasteiger partial charge in [-0.1, -0.05) is 12.8 Å². The standard InChI is InChI=1S/C13H24N2O/c1-14-7-8-15(2)12(10-14)9-13(16)6-5-11-3-4-11/h11-12H,3-10H2,1-2H3. The summed E-state index contributed by atoms with van der Waals surface area (Å²) >= 11 is 0. The molecule has 0 N–H and O–H groups in total. The van der Waals surface area contributed by atoms with E-state index in [1.165, 1.54) is 12.8 Å². The van der Waals surface area contributed by atoms with E-state index in [0.717, 1.165) is 44.8 Å². The highest BCUT2D eigenvalue weighted by molar-refractivity contribution is 5.79. The number of piperazine rings is 1. The van der Waals surface area contributed by atoms with Gasteiger partial charge in [0.2, 0.25) is 0 Å². The lowest BCUT2D eigenvalue weighted by Gasteiger charge is -2.37. The molecule has 1 saturated carbocycles. The molecule has 0 bridgehead atoms. The third-order valence-corrected chi connectivity index (χ3v) is 3.97. The molecule has 2 aliphatic rings. The van der Waals surface area contributed by atoms with Gasteiger partial charge < -0.3 is 9.80 Å². The van der Waals surface area contributed by atoms with E-state index in [0.29, 0.717) is 11.8 Å². The summed E-state index contributed by atoms with van der Waals surface area (Å²) in [5.41, 5.74) is 0. The second-order valence-corrected chi connectivity index (χ2v) is 5.62. The third-order valence-electron chi connectivity index (χ3n) is 3.97. The molecule has 0 aromatic carbocycles. The van der Waals surface area contributed by atoms with Crippen LogP contribution in [0.2, 0.25) is 0 Å². The molecular weight excluding hydrogens is 200 g/mol. The van der Waals surface area contributed by atoms with E-state index >= 15 is 0 Å². The molecule has 3 heteroatoms. The number of rotatable bonds is 5. The topological polar surface area (TPSA) is 23.6 Å². The van der Waals surface area contributed by atoms with Crippen LogP contribution in [-0.4, -0.2) is 55.4 Å². The second kappa shape index (κ2) is 5.28. The maximum atomic E-state index is 11.9. The van der Waals surface area contributed by atoms with Crippen molar-refractivity contribution in [2.24, 2.45) is 5.92 Å². The van der Waals surface area contributed by atoms with Crippen molar-refractivity contribution in [3.8, 4) is 0 Å². The Kier molecular flexibility index (Phi) is 3.98. The zero-order valence-corrected chi connectivity index (χ0v) is 10.6. The Hall–Kier alpha value is -0.410. The Labute approximate surface area is 98.8 Å². The Balaban J connectivity index is 1.71. The van der Waals surface area contributed by atoms with Crippen LogP contribution in [0.5, 0.6) is 0 Å². The maximum Gasteiger partial charge on any atom is 0.134 e. The second-order valence-electron chi connectivity index (χ2n) is 5.62. The quantitative estimate of drug-likeness (QED) is 0.705. The van der Waals surface area contributed by atoms with Gasteiger partial charge in [-0.3, -0.25) is 4.79 Å². The molecule has 16 heavy (non-hydrogen) atoms. The number of likely N-dealkylation sites (N-methyl/N-ethyl adjacent to an activating group) is 2. The van der Waals surface area contributed by atoms with Crippen LogP contribution >= 0.6 is 0 Å². The van der Waals surface area contributed by atoms with Gasteiger partial charge in [0.1, 0.15) is 5.78 Å². The lowest BCUT2D eigenvalue weighted by Crippen LogP contribution is -2.50. The molecule has 1 atom stereocenters. The van der Waals surface area contributed by atoms with Gasteiger partial charge in [-0.15, -0.1) is 0 Å². The molecule has 1 saturated heterocycles. The summed E-state index contributed by atoms with van der Waals surface area (Å²) in [6, 6.07) is 0.449. The first-order valence-corrected chi connectivity index (χ1v) is 6.55. The molecule has 1 unspecified atom stereocenters. The summed E-state index contributed by atoms with van der Waals surface area (Å²) in [6.07, 6.45) is 5.44. The van der Waals surface area contributed by atoms with Crippen LogP contribution in [0.3, 0.4) is 0 Å². The molecule has 1 heterocycles. The SMILES string of the molecule is CN1CCN(C)C(CC(=O)CCC2CC2)C1. The lowest BCUT2D eigenvalue weighted by atomic mass is 10.0. The van der Waals surface area contributed by atoms with E-state index < -0.39 is 0 Å². The molecule has 0 amide bonds. The Morgan fingerprint density at radius 1 is 1.25 bits per heavy atom. The molecule has 92 valence electrons. The van der Waals surface area contributed by atoms with Crippen molar-refractivity contribution in [1.29, 1.82) is 0 Å². The maximum absolute atomic E-state index is 11.9. The predicted octanol–water partition coefficient (Wildman–Crippen LogP) is 1.38. The number of carbonyl (C=O) groups excluding carboxylic acids is 1. The number of carbonyl (C=O) groups is 1. The van der Waals surface area contributed by atoms with Crippen molar-refractivity contribution < 1.29 is 4.79 Å². The van der Waals surface area contributed by atoms with Crippen molar-refractivity contribution in [1.82, 2.24) is 9.80 Å². The van der Waals surface area contributed by atoms with Gasteiger partial charge in [-0.05, 0) is 26.4 Å². The number of Topliss-reactive ketones (excluding diaryl/α,β-unsaturated/α-hetero) is 1. The van der Waals surface area contributed by atoms with Crippen molar-refractivity contribution >= 4 is 5.78 Å². The number of hydrogen-bond donors (Lipinski definition) is 0. The molecule has 1 aliphatic carbocycles. The molecule has 2 fully saturated rings. The van der Waals surface area contributed by atoms with Crippen molar-refractivity contribution in [3.63, 3.8) is 0 Å². The fraction of sp³-hybridized carbons (Fsp3) is 0.923. The van der Waals surface area contributed by atoms with Crippen LogP contribution in [0.25, 0.3) is 0 Å². The van der Waals surface area contributed by atoms with E-state index in [1.54, 1.807) is 0 Å². The number of nitrogens with zero attached hydrogens (tertiary/aromatic N) is 2. The van der Waals surface area contributed by atoms with Gasteiger partial charge in [0.05, 0.1) is 0 Å². The predicted molar refractivity (Wildman–Crippen MR) is 65.5 cm³/mol. The van der Waals surface area contributed by atoms with E-state index in [9.17, 15) is 4.79 Å². The monoisotopic (exact) mass is 224 g/mol. The number of ketones is 1. The zero-order valence-electron chi connectivity index (χ0n) is 10.6. The van der Waals surface area contributed by atoms with E-state index in [-0.39, 0.29) is 0 Å². The normalized spacial score (nSPS) is 28.2. The summed E-state index contributed by atoms with van der Waals surface area (Å²) in [6.45, 7) is 3.27. The first kappa shape index (κ1) is 12.1. The summed E-state index contributed by atoms with van der Waals surface area (Å²) in [7, 11) is 4.29. The van der Waals surface area contributed by atoms with Crippen LogP contribution < -0.4 is 0 Å². The average Bonchev–Trinajstić information content (AvgIpc) is 3.04. The van der Waals surface area contributed by atoms with Gasteiger partial charge in [0.25, 0.3) is 0 Å². The van der Waals surface area contributed by atoms with E-state index in [2.05, 4.69) is 23.9 Å². The average molecular weight is 224 g/mol. The summed E-state index contributed by atoms with van der Waals surface area (Å²) in [5, 5.41) is 0. The fourth-order valence-electron chi connectivity index (χ4n) is 2.46. The van der Waals surface area contributed by atoms with Gasteiger partial charge in [0, 0.05) is 38.5 Å². The first-order chi connectivity index (χ1) is 7.65. The molecule has 2 rings (SSSR count). The van der Waals surface area contributed by atoms with Crippen LogP contribution in [0.15, 0.2) is 0 Å². The highest BCUT2D eigenvalue weighted by Crippen LogP contribution is 2.33. The third kappa shape index (κ3) is 3.56. The van der Waals surface area contributed by atoms with Gasteiger partial charge in [-0.25, -0.2) is 0 Å². The highest BCUT2D eigenvalue weighted by Gasteiger charge is 2.26. The lowest BCUT2D eigenvalue weighted by molar-refractivity contribution is -0.120. The van der Waals surface area contributed by atoms with Crippen LogP contribution in [0.4, 0.5) is 0 Å². The zero-order chi connectivity index (χ0) is 11.5. The minimum Gasteiger partial charge on any atom is -0.304 e. The van der Waals surface area contributed by atoms with Gasteiger partial charge >= 0.3 is 0 Å². The van der Waals surface area contributed by atoms with E-state index in [1.807, 2.05) is 0 Å². The Bertz CT molecular complexity index is 250. The summed E-state index contributed by atoms with van der Waals surface area (Å²) in [5.74, 6) is 1.36. The summed E-state index contributed by atoms with van der Waals surface area (Å²) < 4.78 is 0. The molecule has 0 aromatic rings. The number of hydrogen-bond acceptors (Lipinski definition) is 3. The molecule has 0 aromatic heterocycles. The Morgan fingerprint density at radius 2 is 2.00 bits per heavy atom. The highest BCUT2D eigenvalue weighted by atomic mass is 16.1. The van der Waals surface area contributed by atoms with Gasteiger partial charge in [0.15, 0.2) is 0 Å². The largest absolute Gasteiger partial charge is 0.304 e. The van der Waals surface area contributed by atoms with Gasteiger partial charge in [-0.2, -0.15) is 0 Å². The van der Waals surface area contributed by atoms with E-state index in [4.69, 9.17) is 0 Å². The molecule has 0 radical (unpaired) electrons. The minimum absolute atomic E-state index is 0.449. The van der Waals surface area contributed by atoms with Crippen molar-refractivity contribution in [2.75, 3.05) is 33.7 Å².